The van der Waals surface area contributed by atoms with Crippen LogP contribution in [0.2, 0.25) is 0 Å². The number of aliphatic hydroxyl groups excluding tert-OH is 1. The van der Waals surface area contributed by atoms with Gasteiger partial charge in [0.2, 0.25) is 10.0 Å². The number of aromatic nitrogens is 1. The number of pyridine rings is 1. The molecule has 1 aliphatic rings. The van der Waals surface area contributed by atoms with Crippen LogP contribution in [-0.4, -0.2) is 35.9 Å². The molecule has 0 aliphatic carbocycles. The van der Waals surface area contributed by atoms with Crippen molar-refractivity contribution >= 4 is 10.0 Å². The minimum atomic E-state index is -3.57. The lowest BCUT2D eigenvalue weighted by Gasteiger charge is -2.37. The topological polar surface area (TPSA) is 70.5 Å². The number of benzene rings is 1. The summed E-state index contributed by atoms with van der Waals surface area (Å²) in [7, 11) is -2.05. The van der Waals surface area contributed by atoms with Gasteiger partial charge in [0.25, 0.3) is 0 Å². The van der Waals surface area contributed by atoms with Gasteiger partial charge in [-0.15, -0.1) is 0 Å². The summed E-state index contributed by atoms with van der Waals surface area (Å²) >= 11 is 0. The molecular formula is C15H16N2O3S. The molecule has 1 aliphatic heterocycles. The van der Waals surface area contributed by atoms with Gasteiger partial charge in [0, 0.05) is 25.0 Å². The Hall–Kier alpha value is -1.76. The Labute approximate surface area is 123 Å². The average molecular weight is 304 g/mol. The standard InChI is InChI=1S/C15H16N2O3S/c1-17-13(10-11-6-8-16-9-7-11)15(18)12-4-2-3-5-14(12)21(17,19)20/h2-9,13,15,18H,10H2,1H3/t13-,15+/m0/s1. The van der Waals surface area contributed by atoms with Gasteiger partial charge in [0.1, 0.15) is 0 Å². The summed E-state index contributed by atoms with van der Waals surface area (Å²) in [5.74, 6) is 0. The highest BCUT2D eigenvalue weighted by atomic mass is 32.2. The highest BCUT2D eigenvalue weighted by Gasteiger charge is 2.41. The normalized spacial score (nSPS) is 24.5. The van der Waals surface area contributed by atoms with Crippen molar-refractivity contribution in [1.29, 1.82) is 0 Å². The SMILES string of the molecule is CN1[C@@H](Cc2ccncc2)[C@H](O)c2ccccc2S1(=O)=O. The van der Waals surface area contributed by atoms with Crippen molar-refractivity contribution in [2.75, 3.05) is 7.05 Å². The molecule has 1 aromatic carbocycles. The molecule has 0 radical (unpaired) electrons. The molecule has 0 saturated carbocycles. The zero-order valence-corrected chi connectivity index (χ0v) is 12.4. The first-order chi connectivity index (χ1) is 10.0. The molecule has 21 heavy (non-hydrogen) atoms. The van der Waals surface area contributed by atoms with E-state index in [1.807, 2.05) is 12.1 Å². The average Bonchev–Trinajstić information content (AvgIpc) is 2.51. The highest BCUT2D eigenvalue weighted by Crippen LogP contribution is 2.36. The zero-order valence-electron chi connectivity index (χ0n) is 11.5. The Morgan fingerprint density at radius 2 is 1.86 bits per heavy atom. The van der Waals surface area contributed by atoms with E-state index in [1.165, 1.54) is 17.4 Å². The van der Waals surface area contributed by atoms with Gasteiger partial charge >= 0.3 is 0 Å². The second kappa shape index (κ2) is 5.22. The van der Waals surface area contributed by atoms with E-state index in [9.17, 15) is 13.5 Å². The van der Waals surface area contributed by atoms with E-state index in [1.54, 1.807) is 30.6 Å². The molecule has 2 aromatic rings. The van der Waals surface area contributed by atoms with Crippen LogP contribution in [0.5, 0.6) is 0 Å². The number of hydrogen-bond acceptors (Lipinski definition) is 4. The number of likely N-dealkylation sites (N-methyl/N-ethyl adjacent to an activating group) is 1. The summed E-state index contributed by atoms with van der Waals surface area (Å²) in [6.07, 6.45) is 2.91. The number of sulfonamides is 1. The Morgan fingerprint density at radius 3 is 2.57 bits per heavy atom. The van der Waals surface area contributed by atoms with E-state index >= 15 is 0 Å². The fraction of sp³-hybridized carbons (Fsp3) is 0.267. The van der Waals surface area contributed by atoms with Crippen molar-refractivity contribution in [3.05, 3.63) is 59.9 Å². The quantitative estimate of drug-likeness (QED) is 0.909. The van der Waals surface area contributed by atoms with Gasteiger partial charge < -0.3 is 5.11 Å². The summed E-state index contributed by atoms with van der Waals surface area (Å²) in [6.45, 7) is 0. The number of aliphatic hydroxyl groups is 1. The third-order valence-corrected chi connectivity index (χ3v) is 5.88. The molecule has 6 heteroatoms. The minimum absolute atomic E-state index is 0.186. The lowest BCUT2D eigenvalue weighted by molar-refractivity contribution is 0.0892. The molecule has 5 nitrogen and oxygen atoms in total. The van der Waals surface area contributed by atoms with Gasteiger partial charge in [0.05, 0.1) is 17.0 Å². The van der Waals surface area contributed by atoms with Crippen molar-refractivity contribution in [3.8, 4) is 0 Å². The van der Waals surface area contributed by atoms with Crippen LogP contribution >= 0.6 is 0 Å². The van der Waals surface area contributed by atoms with Crippen molar-refractivity contribution < 1.29 is 13.5 Å². The van der Waals surface area contributed by atoms with E-state index in [2.05, 4.69) is 4.98 Å². The molecule has 0 saturated heterocycles. The third-order valence-electron chi connectivity index (χ3n) is 3.92. The van der Waals surface area contributed by atoms with Crippen LogP contribution in [0.1, 0.15) is 17.2 Å². The lowest BCUT2D eigenvalue weighted by atomic mass is 9.96. The predicted octanol–water partition coefficient (Wildman–Crippen LogP) is 1.36. The van der Waals surface area contributed by atoms with Gasteiger partial charge in [-0.25, -0.2) is 8.42 Å². The van der Waals surface area contributed by atoms with Gasteiger partial charge in [-0.1, -0.05) is 18.2 Å². The predicted molar refractivity (Wildman–Crippen MR) is 78.1 cm³/mol. The molecule has 0 fully saturated rings. The molecule has 0 amide bonds. The van der Waals surface area contributed by atoms with Crippen LogP contribution in [0.4, 0.5) is 0 Å². The summed E-state index contributed by atoms with van der Waals surface area (Å²) in [6, 6.07) is 9.75. The maximum absolute atomic E-state index is 12.6. The number of rotatable bonds is 2. The van der Waals surface area contributed by atoms with Crippen LogP contribution in [-0.2, 0) is 16.4 Å². The smallest absolute Gasteiger partial charge is 0.243 e. The van der Waals surface area contributed by atoms with Crippen LogP contribution in [0, 0.1) is 0 Å². The maximum atomic E-state index is 12.6. The lowest BCUT2D eigenvalue weighted by Crippen LogP contribution is -2.46. The molecule has 1 aromatic heterocycles. The van der Waals surface area contributed by atoms with Gasteiger partial charge in [-0.05, 0) is 30.2 Å². The first-order valence-corrected chi connectivity index (χ1v) is 8.10. The van der Waals surface area contributed by atoms with E-state index in [0.717, 1.165) is 5.56 Å². The van der Waals surface area contributed by atoms with Crippen molar-refractivity contribution in [3.63, 3.8) is 0 Å². The van der Waals surface area contributed by atoms with Crippen molar-refractivity contribution in [2.24, 2.45) is 0 Å². The van der Waals surface area contributed by atoms with Gasteiger partial charge in [-0.2, -0.15) is 4.31 Å². The molecular weight excluding hydrogens is 288 g/mol. The van der Waals surface area contributed by atoms with E-state index in [4.69, 9.17) is 0 Å². The summed E-state index contributed by atoms with van der Waals surface area (Å²) in [4.78, 5) is 4.13. The Balaban J connectivity index is 2.04. The van der Waals surface area contributed by atoms with Crippen LogP contribution in [0.3, 0.4) is 0 Å². The first kappa shape index (κ1) is 14.2. The molecule has 2 atom stereocenters. The van der Waals surface area contributed by atoms with Crippen LogP contribution in [0.25, 0.3) is 0 Å². The molecule has 0 bridgehead atoms. The van der Waals surface area contributed by atoms with Gasteiger partial charge in [0.15, 0.2) is 0 Å². The minimum Gasteiger partial charge on any atom is -0.387 e. The Bertz CT molecular complexity index is 747. The van der Waals surface area contributed by atoms with Crippen molar-refractivity contribution in [2.45, 2.75) is 23.5 Å². The molecule has 3 rings (SSSR count). The molecule has 0 unspecified atom stereocenters. The fourth-order valence-corrected chi connectivity index (χ4v) is 4.29. The number of fused-ring (bicyclic) bond motifs is 1. The Morgan fingerprint density at radius 1 is 1.19 bits per heavy atom. The van der Waals surface area contributed by atoms with Crippen molar-refractivity contribution in [1.82, 2.24) is 9.29 Å². The number of hydrogen-bond donors (Lipinski definition) is 1. The van der Waals surface area contributed by atoms with E-state index < -0.39 is 22.2 Å². The summed E-state index contributed by atoms with van der Waals surface area (Å²) in [5.41, 5.74) is 1.41. The summed E-state index contributed by atoms with van der Waals surface area (Å²) in [5, 5.41) is 10.6. The van der Waals surface area contributed by atoms with Crippen LogP contribution < -0.4 is 0 Å². The molecule has 0 spiro atoms. The highest BCUT2D eigenvalue weighted by molar-refractivity contribution is 7.89. The molecule has 1 N–H and O–H groups in total. The zero-order chi connectivity index (χ0) is 15.0. The van der Waals surface area contributed by atoms with Gasteiger partial charge in [-0.3, -0.25) is 4.98 Å². The first-order valence-electron chi connectivity index (χ1n) is 6.66. The molecule has 110 valence electrons. The second-order valence-corrected chi connectivity index (χ2v) is 7.10. The largest absolute Gasteiger partial charge is 0.387 e. The number of nitrogens with zero attached hydrogens (tertiary/aromatic N) is 2. The summed E-state index contributed by atoms with van der Waals surface area (Å²) < 4.78 is 26.4. The maximum Gasteiger partial charge on any atom is 0.243 e. The second-order valence-electron chi connectivity index (χ2n) is 5.13. The van der Waals surface area contributed by atoms with Crippen LogP contribution in [0.15, 0.2) is 53.7 Å². The molecule has 2 heterocycles. The van der Waals surface area contributed by atoms with E-state index in [-0.39, 0.29) is 4.90 Å². The fourth-order valence-electron chi connectivity index (χ4n) is 2.70. The Kier molecular flexibility index (Phi) is 3.52. The monoisotopic (exact) mass is 304 g/mol. The van der Waals surface area contributed by atoms with E-state index in [0.29, 0.717) is 12.0 Å². The third kappa shape index (κ3) is 2.35.